The van der Waals surface area contributed by atoms with Crippen molar-refractivity contribution in [2.75, 3.05) is 5.32 Å². The minimum absolute atomic E-state index is 0.0675. The van der Waals surface area contributed by atoms with Crippen molar-refractivity contribution < 1.29 is 14.8 Å². The Morgan fingerprint density at radius 1 is 1.27 bits per heavy atom. The molecule has 0 amide bonds. The maximum absolute atomic E-state index is 11.3. The summed E-state index contributed by atoms with van der Waals surface area (Å²) >= 11 is 0. The summed E-state index contributed by atoms with van der Waals surface area (Å²) in [6, 6.07) is 9.15. The zero-order chi connectivity index (χ0) is 15.7. The maximum Gasteiger partial charge on any atom is 0.338 e. The lowest BCUT2D eigenvalue weighted by Crippen LogP contribution is -2.06. The van der Waals surface area contributed by atoms with E-state index in [0.29, 0.717) is 11.2 Å². The van der Waals surface area contributed by atoms with Crippen molar-refractivity contribution in [3.8, 4) is 0 Å². The van der Waals surface area contributed by atoms with Gasteiger partial charge >= 0.3 is 5.97 Å². The summed E-state index contributed by atoms with van der Waals surface area (Å²) in [5, 5.41) is 30.7. The molecule has 1 heterocycles. The van der Waals surface area contributed by atoms with Crippen molar-refractivity contribution >= 4 is 33.9 Å². The van der Waals surface area contributed by atoms with E-state index in [9.17, 15) is 20.0 Å². The van der Waals surface area contributed by atoms with Crippen LogP contribution in [0.5, 0.6) is 0 Å². The molecule has 8 heteroatoms. The number of rotatable bonds is 4. The molecule has 0 saturated carbocycles. The molecule has 3 N–H and O–H groups in total. The van der Waals surface area contributed by atoms with Gasteiger partial charge in [0.05, 0.1) is 27.9 Å². The zero-order valence-corrected chi connectivity index (χ0v) is 11.1. The van der Waals surface area contributed by atoms with Crippen LogP contribution in [0.4, 0.5) is 17.1 Å². The number of aromatic nitrogens is 2. The van der Waals surface area contributed by atoms with Gasteiger partial charge in [0.2, 0.25) is 0 Å². The van der Waals surface area contributed by atoms with Gasteiger partial charge in [-0.05, 0) is 12.1 Å². The fraction of sp³-hybridized carbons (Fsp3) is 0. The lowest BCUT2D eigenvalue weighted by atomic mass is 10.1. The van der Waals surface area contributed by atoms with Gasteiger partial charge in [-0.2, -0.15) is 5.10 Å². The predicted molar refractivity (Wildman–Crippen MR) is 79.4 cm³/mol. The summed E-state index contributed by atoms with van der Waals surface area (Å²) in [6.45, 7) is 0. The summed E-state index contributed by atoms with van der Waals surface area (Å²) in [7, 11) is 0. The number of para-hydroxylation sites is 2. The Morgan fingerprint density at radius 2 is 2.05 bits per heavy atom. The van der Waals surface area contributed by atoms with E-state index in [1.165, 1.54) is 18.2 Å². The summed E-state index contributed by atoms with van der Waals surface area (Å²) in [6.07, 6.45) is 1.61. The highest BCUT2D eigenvalue weighted by atomic mass is 16.6. The summed E-state index contributed by atoms with van der Waals surface area (Å²) < 4.78 is 0. The summed E-state index contributed by atoms with van der Waals surface area (Å²) in [5.74, 6) is -1.25. The summed E-state index contributed by atoms with van der Waals surface area (Å²) in [4.78, 5) is 21.8. The number of carboxylic acid groups (broad SMARTS) is 1. The standard InChI is InChI=1S/C14H10N4O4/c19-14(20)9-4-2-6-11(18(21)22)13(9)16-10-5-1-3-8-7-15-17-12(8)10/h1-7,16H,(H,15,17)(H,19,20). The second-order valence-electron chi connectivity index (χ2n) is 4.53. The molecular weight excluding hydrogens is 288 g/mol. The van der Waals surface area contributed by atoms with E-state index in [1.54, 1.807) is 18.3 Å². The Balaban J connectivity index is 2.17. The van der Waals surface area contributed by atoms with Crippen LogP contribution in [0.15, 0.2) is 42.6 Å². The third kappa shape index (κ3) is 2.22. The largest absolute Gasteiger partial charge is 0.478 e. The first kappa shape index (κ1) is 13.6. The van der Waals surface area contributed by atoms with Gasteiger partial charge in [-0.15, -0.1) is 0 Å². The number of carbonyl (C=O) groups is 1. The number of nitrogens with zero attached hydrogens (tertiary/aromatic N) is 2. The van der Waals surface area contributed by atoms with Crippen LogP contribution in [0.25, 0.3) is 10.9 Å². The van der Waals surface area contributed by atoms with Gasteiger partial charge in [0, 0.05) is 11.5 Å². The molecule has 22 heavy (non-hydrogen) atoms. The molecule has 0 atom stereocenters. The topological polar surface area (TPSA) is 121 Å². The number of nitro benzene ring substituents is 1. The molecule has 0 aliphatic heterocycles. The van der Waals surface area contributed by atoms with Gasteiger partial charge in [-0.25, -0.2) is 4.79 Å². The molecule has 1 aromatic heterocycles. The first-order valence-corrected chi connectivity index (χ1v) is 6.28. The molecular formula is C14H10N4O4. The molecule has 0 bridgehead atoms. The summed E-state index contributed by atoms with van der Waals surface area (Å²) in [5.41, 5.74) is 0.591. The third-order valence-corrected chi connectivity index (χ3v) is 3.21. The van der Waals surface area contributed by atoms with Crippen molar-refractivity contribution in [1.82, 2.24) is 10.2 Å². The smallest absolute Gasteiger partial charge is 0.338 e. The molecule has 0 fully saturated rings. The molecule has 3 aromatic rings. The number of benzene rings is 2. The van der Waals surface area contributed by atoms with E-state index >= 15 is 0 Å². The van der Waals surface area contributed by atoms with E-state index in [0.717, 1.165) is 5.39 Å². The highest BCUT2D eigenvalue weighted by Crippen LogP contribution is 2.33. The highest BCUT2D eigenvalue weighted by molar-refractivity contribution is 6.00. The highest BCUT2D eigenvalue weighted by Gasteiger charge is 2.22. The van der Waals surface area contributed by atoms with E-state index in [1.807, 2.05) is 6.07 Å². The predicted octanol–water partition coefficient (Wildman–Crippen LogP) is 2.91. The number of fused-ring (bicyclic) bond motifs is 1. The second-order valence-corrected chi connectivity index (χ2v) is 4.53. The average Bonchev–Trinajstić information content (AvgIpc) is 2.96. The molecule has 0 aliphatic rings. The van der Waals surface area contributed by atoms with Crippen LogP contribution >= 0.6 is 0 Å². The van der Waals surface area contributed by atoms with Gasteiger partial charge in [0.25, 0.3) is 5.69 Å². The fourth-order valence-electron chi connectivity index (χ4n) is 2.21. The lowest BCUT2D eigenvalue weighted by Gasteiger charge is -2.10. The number of nitro groups is 1. The molecule has 0 unspecified atom stereocenters. The molecule has 3 rings (SSSR count). The van der Waals surface area contributed by atoms with E-state index in [2.05, 4.69) is 15.5 Å². The Morgan fingerprint density at radius 3 is 2.77 bits per heavy atom. The van der Waals surface area contributed by atoms with Gasteiger partial charge in [-0.1, -0.05) is 18.2 Å². The van der Waals surface area contributed by atoms with Gasteiger partial charge < -0.3 is 10.4 Å². The van der Waals surface area contributed by atoms with Gasteiger partial charge in [-0.3, -0.25) is 15.2 Å². The van der Waals surface area contributed by atoms with Crippen LogP contribution in [0.2, 0.25) is 0 Å². The minimum Gasteiger partial charge on any atom is -0.478 e. The Bertz CT molecular complexity index is 855. The van der Waals surface area contributed by atoms with Crippen molar-refractivity contribution in [3.63, 3.8) is 0 Å². The molecule has 0 radical (unpaired) electrons. The van der Waals surface area contributed by atoms with Crippen LogP contribution in [0.1, 0.15) is 10.4 Å². The molecule has 0 aliphatic carbocycles. The van der Waals surface area contributed by atoms with Crippen LogP contribution in [0, 0.1) is 10.1 Å². The lowest BCUT2D eigenvalue weighted by molar-refractivity contribution is -0.383. The maximum atomic E-state index is 11.3. The number of anilines is 2. The number of nitrogens with one attached hydrogen (secondary N) is 2. The van der Waals surface area contributed by atoms with E-state index in [-0.39, 0.29) is 16.9 Å². The first-order valence-electron chi connectivity index (χ1n) is 6.28. The van der Waals surface area contributed by atoms with Crippen molar-refractivity contribution in [1.29, 1.82) is 0 Å². The van der Waals surface area contributed by atoms with E-state index < -0.39 is 10.9 Å². The Kier molecular flexibility index (Phi) is 3.18. The number of hydrogen-bond acceptors (Lipinski definition) is 5. The van der Waals surface area contributed by atoms with Crippen LogP contribution in [0.3, 0.4) is 0 Å². The molecule has 0 saturated heterocycles. The molecule has 8 nitrogen and oxygen atoms in total. The monoisotopic (exact) mass is 298 g/mol. The average molecular weight is 298 g/mol. The van der Waals surface area contributed by atoms with Crippen LogP contribution in [-0.2, 0) is 0 Å². The quantitative estimate of drug-likeness (QED) is 0.503. The fourth-order valence-corrected chi connectivity index (χ4v) is 2.21. The van der Waals surface area contributed by atoms with Crippen LogP contribution in [-0.4, -0.2) is 26.2 Å². The van der Waals surface area contributed by atoms with Gasteiger partial charge in [0.1, 0.15) is 5.69 Å². The number of aromatic amines is 1. The SMILES string of the molecule is O=C(O)c1cccc([N+](=O)[O-])c1Nc1cccc2cn[nH]c12. The van der Waals surface area contributed by atoms with Crippen molar-refractivity contribution in [3.05, 3.63) is 58.3 Å². The zero-order valence-electron chi connectivity index (χ0n) is 11.1. The minimum atomic E-state index is -1.25. The Hall–Kier alpha value is -3.42. The number of carboxylic acids is 1. The molecule has 110 valence electrons. The Labute approximate surface area is 123 Å². The number of hydrogen-bond donors (Lipinski definition) is 3. The normalized spacial score (nSPS) is 10.5. The van der Waals surface area contributed by atoms with Crippen molar-refractivity contribution in [2.45, 2.75) is 0 Å². The van der Waals surface area contributed by atoms with Crippen LogP contribution < -0.4 is 5.32 Å². The third-order valence-electron chi connectivity index (χ3n) is 3.21. The first-order chi connectivity index (χ1) is 10.6. The second kappa shape index (κ2) is 5.17. The van der Waals surface area contributed by atoms with Crippen molar-refractivity contribution in [2.24, 2.45) is 0 Å². The number of H-pyrrole nitrogens is 1. The number of aromatic carboxylic acids is 1. The van der Waals surface area contributed by atoms with Gasteiger partial charge in [0.15, 0.2) is 0 Å². The molecule has 2 aromatic carbocycles. The molecule has 0 spiro atoms. The van der Waals surface area contributed by atoms with E-state index in [4.69, 9.17) is 0 Å².